The van der Waals surface area contributed by atoms with Crippen LogP contribution in [0.2, 0.25) is 5.15 Å². The number of thioether (sulfide) groups is 1. The van der Waals surface area contributed by atoms with Crippen LogP contribution in [0.5, 0.6) is 0 Å². The van der Waals surface area contributed by atoms with Crippen molar-refractivity contribution < 1.29 is 4.39 Å². The lowest BCUT2D eigenvalue weighted by Crippen LogP contribution is -2.06. The van der Waals surface area contributed by atoms with Crippen molar-refractivity contribution in [3.05, 3.63) is 50.3 Å². The SMILES string of the molecule is CC(C)Cc1nc(CSc2ccccc2F)nc(Cl)c1I. The van der Waals surface area contributed by atoms with E-state index in [1.54, 1.807) is 12.1 Å². The molecule has 0 atom stereocenters. The first-order chi connectivity index (χ1) is 9.97. The van der Waals surface area contributed by atoms with Crippen LogP contribution < -0.4 is 0 Å². The molecule has 0 aliphatic rings. The molecule has 0 aliphatic carbocycles. The number of benzene rings is 1. The summed E-state index contributed by atoms with van der Waals surface area (Å²) in [6.45, 7) is 4.28. The van der Waals surface area contributed by atoms with Gasteiger partial charge in [0.2, 0.25) is 0 Å². The lowest BCUT2D eigenvalue weighted by molar-refractivity contribution is 0.602. The van der Waals surface area contributed by atoms with Crippen molar-refractivity contribution in [2.24, 2.45) is 5.92 Å². The van der Waals surface area contributed by atoms with Crippen LogP contribution in [0.4, 0.5) is 4.39 Å². The summed E-state index contributed by atoms with van der Waals surface area (Å²) in [5, 5.41) is 0.477. The highest BCUT2D eigenvalue weighted by Gasteiger charge is 2.13. The van der Waals surface area contributed by atoms with E-state index >= 15 is 0 Å². The molecular formula is C15H15ClFIN2S. The van der Waals surface area contributed by atoms with Crippen LogP contribution in [0.3, 0.4) is 0 Å². The Morgan fingerprint density at radius 1 is 1.29 bits per heavy atom. The third-order valence-electron chi connectivity index (χ3n) is 2.72. The second-order valence-corrected chi connectivity index (χ2v) is 7.46. The summed E-state index contributed by atoms with van der Waals surface area (Å²) in [5.41, 5.74) is 0.967. The van der Waals surface area contributed by atoms with Gasteiger partial charge in [-0.1, -0.05) is 37.6 Å². The molecule has 0 fully saturated rings. The first-order valence-corrected chi connectivity index (χ1v) is 8.99. The zero-order chi connectivity index (χ0) is 15.4. The Labute approximate surface area is 147 Å². The fraction of sp³-hybridized carbons (Fsp3) is 0.333. The van der Waals surface area contributed by atoms with Crippen LogP contribution in [0.1, 0.15) is 25.4 Å². The summed E-state index contributed by atoms with van der Waals surface area (Å²) in [6.07, 6.45) is 0.859. The predicted octanol–water partition coefficient (Wildman–Crippen LogP) is 5.36. The third kappa shape index (κ3) is 4.79. The highest BCUT2D eigenvalue weighted by molar-refractivity contribution is 14.1. The molecule has 21 heavy (non-hydrogen) atoms. The van der Waals surface area contributed by atoms with Gasteiger partial charge in [0.25, 0.3) is 0 Å². The topological polar surface area (TPSA) is 25.8 Å². The van der Waals surface area contributed by atoms with Gasteiger partial charge in [0.15, 0.2) is 0 Å². The van der Waals surface area contributed by atoms with Gasteiger partial charge in [-0.25, -0.2) is 14.4 Å². The third-order valence-corrected chi connectivity index (χ3v) is 5.49. The zero-order valence-corrected chi connectivity index (χ0v) is 15.5. The van der Waals surface area contributed by atoms with Gasteiger partial charge in [-0.05, 0) is 47.1 Å². The zero-order valence-electron chi connectivity index (χ0n) is 11.7. The Bertz CT molecular complexity index is 637. The van der Waals surface area contributed by atoms with E-state index in [2.05, 4.69) is 46.4 Å². The molecule has 112 valence electrons. The second-order valence-electron chi connectivity index (χ2n) is 5.01. The van der Waals surface area contributed by atoms with Crippen molar-refractivity contribution in [3.8, 4) is 0 Å². The number of hydrogen-bond acceptors (Lipinski definition) is 3. The van der Waals surface area contributed by atoms with Crippen LogP contribution in [-0.4, -0.2) is 9.97 Å². The van der Waals surface area contributed by atoms with Gasteiger partial charge >= 0.3 is 0 Å². The lowest BCUT2D eigenvalue weighted by Gasteiger charge is -2.10. The summed E-state index contributed by atoms with van der Waals surface area (Å²) >= 11 is 9.73. The van der Waals surface area contributed by atoms with Gasteiger partial charge in [-0.3, -0.25) is 0 Å². The minimum absolute atomic E-state index is 0.221. The minimum Gasteiger partial charge on any atom is -0.236 e. The molecule has 1 aromatic heterocycles. The van der Waals surface area contributed by atoms with Gasteiger partial charge in [0.05, 0.1) is 15.0 Å². The van der Waals surface area contributed by atoms with Gasteiger partial charge in [0.1, 0.15) is 16.8 Å². The van der Waals surface area contributed by atoms with Gasteiger partial charge in [-0.15, -0.1) is 11.8 Å². The van der Waals surface area contributed by atoms with E-state index in [1.807, 2.05) is 6.07 Å². The van der Waals surface area contributed by atoms with Crippen LogP contribution in [0, 0.1) is 15.3 Å². The molecule has 0 N–H and O–H groups in total. The largest absolute Gasteiger partial charge is 0.236 e. The molecule has 1 heterocycles. The Balaban J connectivity index is 2.17. The van der Waals surface area contributed by atoms with Crippen molar-refractivity contribution in [2.45, 2.75) is 30.9 Å². The van der Waals surface area contributed by atoms with E-state index in [0.29, 0.717) is 27.5 Å². The highest BCUT2D eigenvalue weighted by atomic mass is 127. The second kappa shape index (κ2) is 7.74. The number of aromatic nitrogens is 2. The molecule has 0 radical (unpaired) electrons. The Hall–Kier alpha value is -0.400. The van der Waals surface area contributed by atoms with Crippen molar-refractivity contribution in [2.75, 3.05) is 0 Å². The average molecular weight is 437 g/mol. The maximum absolute atomic E-state index is 13.6. The maximum Gasteiger partial charge on any atom is 0.146 e. The summed E-state index contributed by atoms with van der Waals surface area (Å²) in [7, 11) is 0. The molecule has 0 aliphatic heterocycles. The molecule has 2 nitrogen and oxygen atoms in total. The fourth-order valence-corrected chi connectivity index (χ4v) is 3.26. The quantitative estimate of drug-likeness (QED) is 0.358. The molecule has 2 rings (SSSR count). The predicted molar refractivity (Wildman–Crippen MR) is 94.3 cm³/mol. The molecule has 6 heteroatoms. The van der Waals surface area contributed by atoms with Crippen molar-refractivity contribution in [3.63, 3.8) is 0 Å². The van der Waals surface area contributed by atoms with Crippen LogP contribution >= 0.6 is 46.0 Å². The highest BCUT2D eigenvalue weighted by Crippen LogP contribution is 2.27. The van der Waals surface area contributed by atoms with E-state index in [1.165, 1.54) is 17.8 Å². The van der Waals surface area contributed by atoms with E-state index in [4.69, 9.17) is 11.6 Å². The standard InChI is InChI=1S/C15H15ClFIN2S/c1-9(2)7-11-14(18)15(16)20-13(19-11)8-21-12-6-4-3-5-10(12)17/h3-6,9H,7-8H2,1-2H3. The van der Waals surface area contributed by atoms with Crippen LogP contribution in [-0.2, 0) is 12.2 Å². The summed E-state index contributed by atoms with van der Waals surface area (Å²) in [5.74, 6) is 1.42. The van der Waals surface area contributed by atoms with Crippen molar-refractivity contribution in [1.82, 2.24) is 9.97 Å². The first kappa shape index (κ1) is 17.0. The molecule has 1 aromatic carbocycles. The normalized spacial score (nSPS) is 11.1. The molecule has 2 aromatic rings. The van der Waals surface area contributed by atoms with Crippen LogP contribution in [0.25, 0.3) is 0 Å². The Kier molecular flexibility index (Phi) is 6.25. The molecule has 0 saturated carbocycles. The molecule has 0 amide bonds. The number of hydrogen-bond donors (Lipinski definition) is 0. The van der Waals surface area contributed by atoms with E-state index in [-0.39, 0.29) is 5.82 Å². The average Bonchev–Trinajstić information content (AvgIpc) is 2.42. The fourth-order valence-electron chi connectivity index (χ4n) is 1.80. The maximum atomic E-state index is 13.6. The van der Waals surface area contributed by atoms with Crippen molar-refractivity contribution >= 4 is 46.0 Å². The van der Waals surface area contributed by atoms with E-state index < -0.39 is 0 Å². The van der Waals surface area contributed by atoms with Crippen molar-refractivity contribution in [1.29, 1.82) is 0 Å². The Morgan fingerprint density at radius 3 is 2.67 bits per heavy atom. The van der Waals surface area contributed by atoms with E-state index in [9.17, 15) is 4.39 Å². The summed E-state index contributed by atoms with van der Waals surface area (Å²) < 4.78 is 14.5. The molecule has 0 bridgehead atoms. The van der Waals surface area contributed by atoms with Gasteiger partial charge in [0, 0.05) is 4.90 Å². The number of halogens is 3. The molecule has 0 saturated heterocycles. The molecular weight excluding hydrogens is 422 g/mol. The summed E-state index contributed by atoms with van der Waals surface area (Å²) in [4.78, 5) is 9.46. The van der Waals surface area contributed by atoms with Gasteiger partial charge in [-0.2, -0.15) is 0 Å². The number of rotatable bonds is 5. The van der Waals surface area contributed by atoms with Gasteiger partial charge < -0.3 is 0 Å². The smallest absolute Gasteiger partial charge is 0.146 e. The number of nitrogens with zero attached hydrogens (tertiary/aromatic N) is 2. The monoisotopic (exact) mass is 436 g/mol. The summed E-state index contributed by atoms with van der Waals surface area (Å²) in [6, 6.07) is 6.70. The Morgan fingerprint density at radius 2 is 2.00 bits per heavy atom. The van der Waals surface area contributed by atoms with Crippen LogP contribution in [0.15, 0.2) is 29.2 Å². The molecule has 0 spiro atoms. The molecule has 0 unspecified atom stereocenters. The first-order valence-electron chi connectivity index (χ1n) is 6.55. The lowest BCUT2D eigenvalue weighted by atomic mass is 10.1. The minimum atomic E-state index is -0.221. The van der Waals surface area contributed by atoms with E-state index in [0.717, 1.165) is 15.7 Å².